The molecule has 0 fully saturated rings. The van der Waals surface area contributed by atoms with Crippen LogP contribution in [0.15, 0.2) is 60.7 Å². The molecule has 0 radical (unpaired) electrons. The fraction of sp³-hybridized carbons (Fsp3) is 0.364. The molecule has 28 heavy (non-hydrogen) atoms. The SMILES string of the molecule is CC(COCCOCC(C)OC(=O)c1ccccc1)OC(=O)c1ccccc1. The first kappa shape index (κ1) is 21.6. The van der Waals surface area contributed by atoms with Crippen molar-refractivity contribution in [3.63, 3.8) is 0 Å². The van der Waals surface area contributed by atoms with Gasteiger partial charge in [-0.15, -0.1) is 0 Å². The Labute approximate surface area is 165 Å². The summed E-state index contributed by atoms with van der Waals surface area (Å²) in [6, 6.07) is 17.6. The van der Waals surface area contributed by atoms with Gasteiger partial charge in [0.1, 0.15) is 12.2 Å². The summed E-state index contributed by atoms with van der Waals surface area (Å²) in [6.07, 6.45) is -0.725. The Bertz CT molecular complexity index is 653. The van der Waals surface area contributed by atoms with Gasteiger partial charge in [-0.3, -0.25) is 0 Å². The van der Waals surface area contributed by atoms with Crippen LogP contribution in [-0.2, 0) is 18.9 Å². The molecule has 6 heteroatoms. The van der Waals surface area contributed by atoms with Gasteiger partial charge in [0.25, 0.3) is 0 Å². The molecule has 2 aromatic rings. The number of benzene rings is 2. The number of hydrogen-bond acceptors (Lipinski definition) is 6. The topological polar surface area (TPSA) is 71.1 Å². The zero-order valence-electron chi connectivity index (χ0n) is 16.2. The molecule has 2 unspecified atom stereocenters. The van der Waals surface area contributed by atoms with Crippen molar-refractivity contribution in [2.75, 3.05) is 26.4 Å². The number of carbonyl (C=O) groups is 2. The molecule has 150 valence electrons. The molecule has 0 heterocycles. The lowest BCUT2D eigenvalue weighted by Crippen LogP contribution is -2.23. The number of ether oxygens (including phenoxy) is 4. The summed E-state index contributed by atoms with van der Waals surface area (Å²) in [7, 11) is 0. The third-order valence-electron chi connectivity index (χ3n) is 3.71. The second-order valence-electron chi connectivity index (χ2n) is 6.31. The molecule has 0 aliphatic heterocycles. The third-order valence-corrected chi connectivity index (χ3v) is 3.71. The minimum absolute atomic E-state index is 0.278. The molecule has 6 nitrogen and oxygen atoms in total. The molecular weight excluding hydrogens is 360 g/mol. The van der Waals surface area contributed by atoms with Gasteiger partial charge in [-0.2, -0.15) is 0 Å². The standard InChI is InChI=1S/C22H26O6/c1-17(27-21(23)19-9-5-3-6-10-19)15-25-13-14-26-16-18(2)28-22(24)20-11-7-4-8-12-20/h3-12,17-18H,13-16H2,1-2H3. The van der Waals surface area contributed by atoms with Gasteiger partial charge < -0.3 is 18.9 Å². The smallest absolute Gasteiger partial charge is 0.338 e. The van der Waals surface area contributed by atoms with Crippen LogP contribution in [-0.4, -0.2) is 50.6 Å². The van der Waals surface area contributed by atoms with Crippen LogP contribution < -0.4 is 0 Å². The highest BCUT2D eigenvalue weighted by Gasteiger charge is 2.13. The van der Waals surface area contributed by atoms with E-state index in [-0.39, 0.29) is 37.4 Å². The van der Waals surface area contributed by atoms with E-state index in [1.165, 1.54) is 0 Å². The van der Waals surface area contributed by atoms with E-state index in [4.69, 9.17) is 18.9 Å². The van der Waals surface area contributed by atoms with E-state index < -0.39 is 0 Å². The molecule has 0 aromatic heterocycles. The minimum Gasteiger partial charge on any atom is -0.457 e. The Hall–Kier alpha value is -2.70. The maximum atomic E-state index is 11.9. The molecule has 0 aliphatic carbocycles. The average Bonchev–Trinajstić information content (AvgIpc) is 2.71. The molecule has 2 aromatic carbocycles. The molecule has 0 aliphatic rings. The van der Waals surface area contributed by atoms with Crippen LogP contribution >= 0.6 is 0 Å². The van der Waals surface area contributed by atoms with Gasteiger partial charge in [0, 0.05) is 0 Å². The maximum Gasteiger partial charge on any atom is 0.338 e. The van der Waals surface area contributed by atoms with Gasteiger partial charge in [-0.25, -0.2) is 9.59 Å². The first-order valence-electron chi connectivity index (χ1n) is 9.24. The van der Waals surface area contributed by atoms with Crippen molar-refractivity contribution in [3.05, 3.63) is 71.8 Å². The average molecular weight is 386 g/mol. The first-order valence-corrected chi connectivity index (χ1v) is 9.24. The largest absolute Gasteiger partial charge is 0.457 e. The molecule has 0 bridgehead atoms. The first-order chi connectivity index (χ1) is 13.6. The lowest BCUT2D eigenvalue weighted by Gasteiger charge is -2.15. The highest BCUT2D eigenvalue weighted by molar-refractivity contribution is 5.89. The summed E-state index contributed by atoms with van der Waals surface area (Å²) < 4.78 is 21.5. The summed E-state index contributed by atoms with van der Waals surface area (Å²) in [4.78, 5) is 23.8. The van der Waals surface area contributed by atoms with Crippen LogP contribution in [0.2, 0.25) is 0 Å². The Morgan fingerprint density at radius 2 is 1.04 bits per heavy atom. The highest BCUT2D eigenvalue weighted by atomic mass is 16.6. The fourth-order valence-corrected chi connectivity index (χ4v) is 2.33. The van der Waals surface area contributed by atoms with Gasteiger partial charge in [0.05, 0.1) is 37.6 Å². The van der Waals surface area contributed by atoms with Crippen molar-refractivity contribution in [1.82, 2.24) is 0 Å². The molecule has 0 saturated heterocycles. The normalized spacial score (nSPS) is 12.8. The van der Waals surface area contributed by atoms with Crippen molar-refractivity contribution >= 4 is 11.9 Å². The zero-order chi connectivity index (χ0) is 20.2. The number of carbonyl (C=O) groups excluding carboxylic acids is 2. The van der Waals surface area contributed by atoms with Crippen LogP contribution in [0.4, 0.5) is 0 Å². The predicted octanol–water partition coefficient (Wildman–Crippen LogP) is 3.51. The van der Waals surface area contributed by atoms with Crippen molar-refractivity contribution in [3.8, 4) is 0 Å². The van der Waals surface area contributed by atoms with Crippen molar-refractivity contribution in [2.24, 2.45) is 0 Å². The molecule has 2 rings (SSSR count). The summed E-state index contributed by atoms with van der Waals surface area (Å²) in [5, 5.41) is 0. The van der Waals surface area contributed by atoms with Crippen molar-refractivity contribution in [1.29, 1.82) is 0 Å². The van der Waals surface area contributed by atoms with E-state index in [2.05, 4.69) is 0 Å². The second kappa shape index (κ2) is 11.9. The quantitative estimate of drug-likeness (QED) is 0.435. The Morgan fingerprint density at radius 3 is 1.39 bits per heavy atom. The molecule has 0 saturated carbocycles. The van der Waals surface area contributed by atoms with Crippen LogP contribution in [0.1, 0.15) is 34.6 Å². The minimum atomic E-state index is -0.373. The van der Waals surface area contributed by atoms with E-state index in [1.54, 1.807) is 62.4 Å². The van der Waals surface area contributed by atoms with E-state index in [0.717, 1.165) is 0 Å². The Balaban J connectivity index is 1.53. The van der Waals surface area contributed by atoms with Gasteiger partial charge >= 0.3 is 11.9 Å². The lowest BCUT2D eigenvalue weighted by molar-refractivity contribution is -0.0286. The Morgan fingerprint density at radius 1 is 0.679 bits per heavy atom. The van der Waals surface area contributed by atoms with Crippen molar-refractivity contribution in [2.45, 2.75) is 26.1 Å². The van der Waals surface area contributed by atoms with Crippen LogP contribution in [0.3, 0.4) is 0 Å². The molecule has 0 N–H and O–H groups in total. The third kappa shape index (κ3) is 7.90. The number of hydrogen-bond donors (Lipinski definition) is 0. The van der Waals surface area contributed by atoms with E-state index in [9.17, 15) is 9.59 Å². The van der Waals surface area contributed by atoms with E-state index >= 15 is 0 Å². The summed E-state index contributed by atoms with van der Waals surface area (Å²) in [6.45, 7) is 4.81. The van der Waals surface area contributed by atoms with Gasteiger partial charge in [0.2, 0.25) is 0 Å². The van der Waals surface area contributed by atoms with Crippen LogP contribution in [0, 0.1) is 0 Å². The van der Waals surface area contributed by atoms with Gasteiger partial charge in [0.15, 0.2) is 0 Å². The number of esters is 2. The molecular formula is C22H26O6. The fourth-order valence-electron chi connectivity index (χ4n) is 2.33. The highest BCUT2D eigenvalue weighted by Crippen LogP contribution is 2.05. The monoisotopic (exact) mass is 386 g/mol. The predicted molar refractivity (Wildman–Crippen MR) is 104 cm³/mol. The maximum absolute atomic E-state index is 11.9. The van der Waals surface area contributed by atoms with Crippen LogP contribution in [0.5, 0.6) is 0 Å². The second-order valence-corrected chi connectivity index (χ2v) is 6.31. The lowest BCUT2D eigenvalue weighted by atomic mass is 10.2. The summed E-state index contributed by atoms with van der Waals surface area (Å²) in [5.74, 6) is -0.746. The number of rotatable bonds is 11. The van der Waals surface area contributed by atoms with E-state index in [0.29, 0.717) is 24.3 Å². The molecule has 2 atom stereocenters. The summed E-state index contributed by atoms with van der Waals surface area (Å²) >= 11 is 0. The Kier molecular flexibility index (Phi) is 9.18. The van der Waals surface area contributed by atoms with Gasteiger partial charge in [-0.1, -0.05) is 36.4 Å². The van der Waals surface area contributed by atoms with E-state index in [1.807, 2.05) is 12.1 Å². The molecule has 0 amide bonds. The van der Waals surface area contributed by atoms with Crippen molar-refractivity contribution < 1.29 is 28.5 Å². The summed E-state index contributed by atoms with van der Waals surface area (Å²) in [5.41, 5.74) is 1.02. The van der Waals surface area contributed by atoms with Crippen LogP contribution in [0.25, 0.3) is 0 Å². The van der Waals surface area contributed by atoms with Gasteiger partial charge in [-0.05, 0) is 38.1 Å². The molecule has 0 spiro atoms. The zero-order valence-corrected chi connectivity index (χ0v) is 16.2.